The van der Waals surface area contributed by atoms with Gasteiger partial charge >= 0.3 is 0 Å². The third-order valence-electron chi connectivity index (χ3n) is 2.88. The lowest BCUT2D eigenvalue weighted by Crippen LogP contribution is -2.31. The highest BCUT2D eigenvalue weighted by Gasteiger charge is 2.25. The number of imidazole rings is 1. The Hall–Kier alpha value is -0.870. The standard InChI is InChI=1S/C9H13N3O/c10-6-1-2-12-8-5-13-4-7(8)11-9(12)3-6/h6H,1-5,10H2. The van der Waals surface area contributed by atoms with Crippen LogP contribution in [0.1, 0.15) is 23.6 Å². The summed E-state index contributed by atoms with van der Waals surface area (Å²) in [6, 6.07) is 0.302. The van der Waals surface area contributed by atoms with Gasteiger partial charge in [-0.1, -0.05) is 0 Å². The lowest BCUT2D eigenvalue weighted by Gasteiger charge is -2.20. The van der Waals surface area contributed by atoms with Gasteiger partial charge in [0.2, 0.25) is 0 Å². The van der Waals surface area contributed by atoms with E-state index in [1.165, 1.54) is 5.69 Å². The third-order valence-corrected chi connectivity index (χ3v) is 2.88. The van der Waals surface area contributed by atoms with Crippen molar-refractivity contribution in [3.8, 4) is 0 Å². The van der Waals surface area contributed by atoms with Crippen molar-refractivity contribution in [1.29, 1.82) is 0 Å². The van der Waals surface area contributed by atoms with E-state index in [2.05, 4.69) is 9.55 Å². The van der Waals surface area contributed by atoms with E-state index < -0.39 is 0 Å². The van der Waals surface area contributed by atoms with E-state index in [4.69, 9.17) is 10.5 Å². The van der Waals surface area contributed by atoms with Crippen molar-refractivity contribution < 1.29 is 4.74 Å². The number of rotatable bonds is 0. The Balaban J connectivity index is 2.06. The Labute approximate surface area is 76.7 Å². The maximum atomic E-state index is 5.88. The maximum absolute atomic E-state index is 5.88. The third kappa shape index (κ3) is 1.02. The number of nitrogens with two attached hydrogens (primary N) is 1. The summed E-state index contributed by atoms with van der Waals surface area (Å²) < 4.78 is 7.62. The molecule has 4 nitrogen and oxygen atoms in total. The Bertz CT molecular complexity index is 345. The SMILES string of the molecule is NC1CCn2c(nc3c2COC3)C1. The van der Waals surface area contributed by atoms with Gasteiger partial charge in [-0.05, 0) is 6.42 Å². The van der Waals surface area contributed by atoms with E-state index in [1.807, 2.05) is 0 Å². The smallest absolute Gasteiger partial charge is 0.110 e. The predicted molar refractivity (Wildman–Crippen MR) is 47.0 cm³/mol. The fraction of sp³-hybridized carbons (Fsp3) is 0.667. The molecule has 2 N–H and O–H groups in total. The van der Waals surface area contributed by atoms with Crippen LogP contribution in [-0.2, 0) is 30.9 Å². The lowest BCUT2D eigenvalue weighted by molar-refractivity contribution is 0.127. The summed E-state index contributed by atoms with van der Waals surface area (Å²) in [4.78, 5) is 4.54. The predicted octanol–water partition coefficient (Wildman–Crippen LogP) is 0.187. The number of hydrogen-bond acceptors (Lipinski definition) is 3. The summed E-state index contributed by atoms with van der Waals surface area (Å²) in [5, 5.41) is 0. The van der Waals surface area contributed by atoms with E-state index in [0.717, 1.165) is 37.5 Å². The van der Waals surface area contributed by atoms with Gasteiger partial charge in [-0.3, -0.25) is 0 Å². The molecule has 3 rings (SSSR count). The van der Waals surface area contributed by atoms with Gasteiger partial charge in [0.15, 0.2) is 0 Å². The first-order chi connectivity index (χ1) is 6.34. The minimum absolute atomic E-state index is 0.302. The number of hydrogen-bond donors (Lipinski definition) is 1. The molecule has 70 valence electrons. The fourth-order valence-corrected chi connectivity index (χ4v) is 2.16. The van der Waals surface area contributed by atoms with Gasteiger partial charge in [0, 0.05) is 19.0 Å². The second-order valence-corrected chi connectivity index (χ2v) is 3.82. The zero-order valence-electron chi connectivity index (χ0n) is 7.49. The van der Waals surface area contributed by atoms with Gasteiger partial charge in [0.05, 0.1) is 24.6 Å². The van der Waals surface area contributed by atoms with Crippen LogP contribution in [0.4, 0.5) is 0 Å². The fourth-order valence-electron chi connectivity index (χ4n) is 2.16. The highest BCUT2D eigenvalue weighted by molar-refractivity contribution is 5.20. The summed E-state index contributed by atoms with van der Waals surface area (Å²) in [5.41, 5.74) is 8.29. The second kappa shape index (κ2) is 2.56. The molecule has 0 saturated carbocycles. The molecule has 3 heterocycles. The molecule has 2 aliphatic rings. The van der Waals surface area contributed by atoms with E-state index in [0.29, 0.717) is 12.6 Å². The Kier molecular flexibility index (Phi) is 1.48. The van der Waals surface area contributed by atoms with Crippen LogP contribution in [-0.4, -0.2) is 15.6 Å². The van der Waals surface area contributed by atoms with Crippen LogP contribution in [0.5, 0.6) is 0 Å². The summed E-state index contributed by atoms with van der Waals surface area (Å²) >= 11 is 0. The van der Waals surface area contributed by atoms with Crippen LogP contribution in [0, 0.1) is 0 Å². The van der Waals surface area contributed by atoms with Crippen LogP contribution in [0.15, 0.2) is 0 Å². The summed E-state index contributed by atoms with van der Waals surface area (Å²) in [5.74, 6) is 1.16. The molecule has 0 fully saturated rings. The van der Waals surface area contributed by atoms with Crippen LogP contribution in [0.3, 0.4) is 0 Å². The molecule has 1 aromatic rings. The molecule has 1 atom stereocenters. The molecule has 1 aromatic heterocycles. The first-order valence-electron chi connectivity index (χ1n) is 4.75. The van der Waals surface area contributed by atoms with Crippen molar-refractivity contribution in [2.75, 3.05) is 0 Å². The monoisotopic (exact) mass is 179 g/mol. The molecule has 0 saturated heterocycles. The maximum Gasteiger partial charge on any atom is 0.110 e. The molecule has 0 spiro atoms. The van der Waals surface area contributed by atoms with Crippen LogP contribution < -0.4 is 5.73 Å². The van der Waals surface area contributed by atoms with Crippen molar-refractivity contribution >= 4 is 0 Å². The zero-order chi connectivity index (χ0) is 8.84. The molecule has 0 aliphatic carbocycles. The van der Waals surface area contributed by atoms with Crippen molar-refractivity contribution in [3.05, 3.63) is 17.2 Å². The number of aromatic nitrogens is 2. The average Bonchev–Trinajstić information content (AvgIpc) is 2.62. The molecule has 4 heteroatoms. The van der Waals surface area contributed by atoms with Crippen molar-refractivity contribution in [1.82, 2.24) is 9.55 Å². The zero-order valence-corrected chi connectivity index (χ0v) is 7.49. The van der Waals surface area contributed by atoms with Gasteiger partial charge in [0.25, 0.3) is 0 Å². The van der Waals surface area contributed by atoms with E-state index >= 15 is 0 Å². The van der Waals surface area contributed by atoms with Gasteiger partial charge in [-0.25, -0.2) is 4.98 Å². The first-order valence-corrected chi connectivity index (χ1v) is 4.75. The number of nitrogens with zero attached hydrogens (tertiary/aromatic N) is 2. The van der Waals surface area contributed by atoms with Gasteiger partial charge in [0.1, 0.15) is 5.82 Å². The quantitative estimate of drug-likeness (QED) is 0.618. The average molecular weight is 179 g/mol. The summed E-state index contributed by atoms with van der Waals surface area (Å²) in [7, 11) is 0. The topological polar surface area (TPSA) is 53.1 Å². The van der Waals surface area contributed by atoms with Gasteiger partial charge in [-0.15, -0.1) is 0 Å². The molecule has 0 aromatic carbocycles. The molecule has 0 amide bonds. The van der Waals surface area contributed by atoms with Crippen molar-refractivity contribution in [2.24, 2.45) is 5.73 Å². The van der Waals surface area contributed by atoms with Crippen molar-refractivity contribution in [2.45, 2.75) is 38.6 Å². The van der Waals surface area contributed by atoms with E-state index in [-0.39, 0.29) is 0 Å². The highest BCUT2D eigenvalue weighted by atomic mass is 16.5. The lowest BCUT2D eigenvalue weighted by atomic mass is 10.1. The molecular formula is C9H13N3O. The molecule has 13 heavy (non-hydrogen) atoms. The summed E-state index contributed by atoms with van der Waals surface area (Å²) in [6.45, 7) is 2.43. The molecular weight excluding hydrogens is 166 g/mol. The van der Waals surface area contributed by atoms with E-state index in [1.54, 1.807) is 0 Å². The normalized spacial score (nSPS) is 25.8. The Morgan fingerprint density at radius 1 is 1.46 bits per heavy atom. The van der Waals surface area contributed by atoms with Crippen molar-refractivity contribution in [3.63, 3.8) is 0 Å². The second-order valence-electron chi connectivity index (χ2n) is 3.82. The minimum atomic E-state index is 0.302. The highest BCUT2D eigenvalue weighted by Crippen LogP contribution is 2.24. The van der Waals surface area contributed by atoms with Crippen LogP contribution in [0.2, 0.25) is 0 Å². The molecule has 2 aliphatic heterocycles. The van der Waals surface area contributed by atoms with Gasteiger partial charge in [-0.2, -0.15) is 0 Å². The van der Waals surface area contributed by atoms with Crippen LogP contribution in [0.25, 0.3) is 0 Å². The van der Waals surface area contributed by atoms with E-state index in [9.17, 15) is 0 Å². The Morgan fingerprint density at radius 3 is 3.31 bits per heavy atom. The first kappa shape index (κ1) is 7.53. The number of fused-ring (bicyclic) bond motifs is 3. The Morgan fingerprint density at radius 2 is 2.38 bits per heavy atom. The number of ether oxygens (including phenoxy) is 1. The summed E-state index contributed by atoms with van der Waals surface area (Å²) in [6.07, 6.45) is 1.99. The minimum Gasteiger partial charge on any atom is -0.369 e. The largest absolute Gasteiger partial charge is 0.369 e. The molecule has 0 radical (unpaired) electrons. The molecule has 1 unspecified atom stereocenters. The molecule has 0 bridgehead atoms. The van der Waals surface area contributed by atoms with Gasteiger partial charge < -0.3 is 15.0 Å². The van der Waals surface area contributed by atoms with Crippen LogP contribution >= 0.6 is 0 Å².